The van der Waals surface area contributed by atoms with E-state index in [9.17, 15) is 4.39 Å². The summed E-state index contributed by atoms with van der Waals surface area (Å²) in [6.45, 7) is 7.99. The quantitative estimate of drug-likeness (QED) is 0.757. The van der Waals surface area contributed by atoms with E-state index < -0.39 is 0 Å². The van der Waals surface area contributed by atoms with Crippen molar-refractivity contribution < 1.29 is 4.39 Å². The maximum Gasteiger partial charge on any atom is 0.164 e. The fraction of sp³-hybridized carbons (Fsp3) is 0.385. The molecule has 2 aromatic rings. The first kappa shape index (κ1) is 11.8. The maximum absolute atomic E-state index is 13.2. The normalized spacial score (nSPS) is 11.8. The number of aryl methyl sites for hydroxylation is 1. The van der Waals surface area contributed by atoms with Crippen LogP contribution in [0.3, 0.4) is 0 Å². The Morgan fingerprint density at radius 1 is 1.24 bits per heavy atom. The number of hydrogen-bond acceptors (Lipinski definition) is 2. The van der Waals surface area contributed by atoms with Crippen molar-refractivity contribution in [3.63, 3.8) is 0 Å². The molecule has 0 saturated heterocycles. The van der Waals surface area contributed by atoms with Gasteiger partial charge in [0.1, 0.15) is 12.1 Å². The lowest BCUT2D eigenvalue weighted by Crippen LogP contribution is -2.21. The standard InChI is InChI=1S/C13H16FN3/c1-9-7-10(5-6-11(9)14)12-16-15-8-17(12)13(2,3)4/h5-8H,1-4H3. The summed E-state index contributed by atoms with van der Waals surface area (Å²) in [6.07, 6.45) is 1.70. The van der Waals surface area contributed by atoms with E-state index >= 15 is 0 Å². The fourth-order valence-electron chi connectivity index (χ4n) is 1.71. The average Bonchev–Trinajstić information content (AvgIpc) is 2.70. The number of halogens is 1. The summed E-state index contributed by atoms with van der Waals surface area (Å²) in [7, 11) is 0. The van der Waals surface area contributed by atoms with Crippen molar-refractivity contribution in [3.05, 3.63) is 35.9 Å². The van der Waals surface area contributed by atoms with Crippen LogP contribution in [-0.2, 0) is 5.54 Å². The Morgan fingerprint density at radius 2 is 1.94 bits per heavy atom. The number of benzene rings is 1. The number of aromatic nitrogens is 3. The Labute approximate surface area is 100 Å². The molecule has 0 atom stereocenters. The molecule has 17 heavy (non-hydrogen) atoms. The summed E-state index contributed by atoms with van der Waals surface area (Å²) in [5, 5.41) is 8.05. The van der Waals surface area contributed by atoms with Crippen LogP contribution in [0, 0.1) is 12.7 Å². The van der Waals surface area contributed by atoms with Crippen molar-refractivity contribution in [1.29, 1.82) is 0 Å². The highest BCUT2D eigenvalue weighted by Gasteiger charge is 2.18. The van der Waals surface area contributed by atoms with Gasteiger partial charge in [0, 0.05) is 11.1 Å². The van der Waals surface area contributed by atoms with Crippen LogP contribution in [-0.4, -0.2) is 14.8 Å². The molecule has 1 aromatic carbocycles. The summed E-state index contributed by atoms with van der Waals surface area (Å²) in [5.74, 6) is 0.566. The summed E-state index contributed by atoms with van der Waals surface area (Å²) in [6, 6.07) is 4.99. The van der Waals surface area contributed by atoms with Gasteiger partial charge in [0.15, 0.2) is 5.82 Å². The zero-order valence-electron chi connectivity index (χ0n) is 10.5. The van der Waals surface area contributed by atoms with E-state index in [1.54, 1.807) is 25.4 Å². The Morgan fingerprint density at radius 3 is 2.53 bits per heavy atom. The third-order valence-corrected chi connectivity index (χ3v) is 2.69. The summed E-state index contributed by atoms with van der Waals surface area (Å²) < 4.78 is 15.2. The predicted molar refractivity (Wildman–Crippen MR) is 65.1 cm³/mol. The highest BCUT2D eigenvalue weighted by Crippen LogP contribution is 2.24. The van der Waals surface area contributed by atoms with Crippen LogP contribution in [0.5, 0.6) is 0 Å². The number of rotatable bonds is 1. The fourth-order valence-corrected chi connectivity index (χ4v) is 1.71. The van der Waals surface area contributed by atoms with Crippen LogP contribution in [0.1, 0.15) is 26.3 Å². The second kappa shape index (κ2) is 3.95. The molecule has 0 amide bonds. The first-order valence-corrected chi connectivity index (χ1v) is 5.56. The summed E-state index contributed by atoms with van der Waals surface area (Å²) in [5.41, 5.74) is 1.41. The van der Waals surface area contributed by atoms with E-state index in [0.29, 0.717) is 5.56 Å². The van der Waals surface area contributed by atoms with Crippen molar-refractivity contribution in [2.45, 2.75) is 33.2 Å². The first-order chi connectivity index (χ1) is 7.89. The van der Waals surface area contributed by atoms with Crippen molar-refractivity contribution >= 4 is 0 Å². The lowest BCUT2D eigenvalue weighted by atomic mass is 10.1. The third-order valence-electron chi connectivity index (χ3n) is 2.69. The Balaban J connectivity index is 2.54. The number of hydrogen-bond donors (Lipinski definition) is 0. The average molecular weight is 233 g/mol. The maximum atomic E-state index is 13.2. The molecule has 0 radical (unpaired) electrons. The monoisotopic (exact) mass is 233 g/mol. The van der Waals surface area contributed by atoms with Gasteiger partial charge in [-0.05, 0) is 51.5 Å². The Hall–Kier alpha value is -1.71. The van der Waals surface area contributed by atoms with Crippen LogP contribution >= 0.6 is 0 Å². The van der Waals surface area contributed by atoms with Gasteiger partial charge in [-0.3, -0.25) is 0 Å². The molecule has 0 aliphatic carbocycles. The van der Waals surface area contributed by atoms with Crippen LogP contribution in [0.4, 0.5) is 4.39 Å². The van der Waals surface area contributed by atoms with Gasteiger partial charge in [0.05, 0.1) is 0 Å². The lowest BCUT2D eigenvalue weighted by molar-refractivity contribution is 0.399. The topological polar surface area (TPSA) is 30.7 Å². The van der Waals surface area contributed by atoms with Gasteiger partial charge in [0.25, 0.3) is 0 Å². The first-order valence-electron chi connectivity index (χ1n) is 5.56. The Bertz CT molecular complexity index is 538. The minimum Gasteiger partial charge on any atom is -0.308 e. The van der Waals surface area contributed by atoms with E-state index in [1.165, 1.54) is 6.07 Å². The summed E-state index contributed by atoms with van der Waals surface area (Å²) in [4.78, 5) is 0. The van der Waals surface area contributed by atoms with Crippen LogP contribution in [0.15, 0.2) is 24.5 Å². The minimum absolute atomic E-state index is 0.0961. The highest BCUT2D eigenvalue weighted by molar-refractivity contribution is 5.56. The minimum atomic E-state index is -0.199. The molecule has 0 aliphatic rings. The second-order valence-electron chi connectivity index (χ2n) is 5.16. The van der Waals surface area contributed by atoms with E-state index in [2.05, 4.69) is 31.0 Å². The lowest BCUT2D eigenvalue weighted by Gasteiger charge is -2.22. The second-order valence-corrected chi connectivity index (χ2v) is 5.16. The molecule has 2 rings (SSSR count). The smallest absolute Gasteiger partial charge is 0.164 e. The van der Waals surface area contributed by atoms with E-state index in [1.807, 2.05) is 4.57 Å². The van der Waals surface area contributed by atoms with Crippen LogP contribution in [0.25, 0.3) is 11.4 Å². The zero-order valence-corrected chi connectivity index (χ0v) is 10.5. The van der Waals surface area contributed by atoms with Crippen molar-refractivity contribution in [3.8, 4) is 11.4 Å². The SMILES string of the molecule is Cc1cc(-c2nncn2C(C)(C)C)ccc1F. The number of nitrogens with zero attached hydrogens (tertiary/aromatic N) is 3. The largest absolute Gasteiger partial charge is 0.308 e. The molecule has 1 heterocycles. The van der Waals surface area contributed by atoms with Crippen molar-refractivity contribution in [2.24, 2.45) is 0 Å². The van der Waals surface area contributed by atoms with Gasteiger partial charge in [-0.1, -0.05) is 0 Å². The zero-order chi connectivity index (χ0) is 12.6. The molecule has 0 N–H and O–H groups in total. The molecule has 1 aromatic heterocycles. The molecule has 4 heteroatoms. The van der Waals surface area contributed by atoms with Gasteiger partial charge in [-0.2, -0.15) is 0 Å². The highest BCUT2D eigenvalue weighted by atomic mass is 19.1. The van der Waals surface area contributed by atoms with E-state index in [4.69, 9.17) is 0 Å². The van der Waals surface area contributed by atoms with Gasteiger partial charge < -0.3 is 4.57 Å². The molecule has 90 valence electrons. The van der Waals surface area contributed by atoms with E-state index in [-0.39, 0.29) is 11.4 Å². The van der Waals surface area contributed by atoms with Crippen LogP contribution in [0.2, 0.25) is 0 Å². The predicted octanol–water partition coefficient (Wildman–Crippen LogP) is 3.15. The van der Waals surface area contributed by atoms with Crippen molar-refractivity contribution in [2.75, 3.05) is 0 Å². The molecular weight excluding hydrogens is 217 g/mol. The van der Waals surface area contributed by atoms with Crippen LogP contribution < -0.4 is 0 Å². The van der Waals surface area contributed by atoms with Crippen molar-refractivity contribution in [1.82, 2.24) is 14.8 Å². The Kier molecular flexibility index (Phi) is 2.73. The molecule has 0 saturated carbocycles. The van der Waals surface area contributed by atoms with E-state index in [0.717, 1.165) is 11.4 Å². The molecular formula is C13H16FN3. The molecule has 0 spiro atoms. The molecule has 0 bridgehead atoms. The van der Waals surface area contributed by atoms with Gasteiger partial charge in [-0.15, -0.1) is 10.2 Å². The molecule has 0 aliphatic heterocycles. The third kappa shape index (κ3) is 2.20. The van der Waals surface area contributed by atoms with Gasteiger partial charge in [-0.25, -0.2) is 4.39 Å². The molecule has 0 fully saturated rings. The van der Waals surface area contributed by atoms with Gasteiger partial charge in [0.2, 0.25) is 0 Å². The summed E-state index contributed by atoms with van der Waals surface area (Å²) >= 11 is 0. The van der Waals surface area contributed by atoms with Gasteiger partial charge >= 0.3 is 0 Å². The molecule has 3 nitrogen and oxygen atoms in total. The molecule has 0 unspecified atom stereocenters.